The van der Waals surface area contributed by atoms with E-state index in [9.17, 15) is 9.90 Å². The van der Waals surface area contributed by atoms with Crippen molar-refractivity contribution in [1.82, 2.24) is 4.90 Å². The van der Waals surface area contributed by atoms with Crippen LogP contribution in [0.25, 0.3) is 0 Å². The maximum absolute atomic E-state index is 12.7. The molecule has 0 radical (unpaired) electrons. The van der Waals surface area contributed by atoms with Gasteiger partial charge in [0.15, 0.2) is 0 Å². The maximum atomic E-state index is 12.7. The van der Waals surface area contributed by atoms with E-state index in [1.54, 1.807) is 24.1 Å². The van der Waals surface area contributed by atoms with Crippen LogP contribution in [-0.2, 0) is 0 Å². The van der Waals surface area contributed by atoms with Crippen molar-refractivity contribution >= 4 is 21.8 Å². The molecule has 0 spiro atoms. The molecule has 0 saturated heterocycles. The van der Waals surface area contributed by atoms with Crippen molar-refractivity contribution in [3.63, 3.8) is 0 Å². The van der Waals surface area contributed by atoms with E-state index < -0.39 is 0 Å². The van der Waals surface area contributed by atoms with Gasteiger partial charge >= 0.3 is 0 Å². The first-order chi connectivity index (χ1) is 9.90. The van der Waals surface area contributed by atoms with Crippen LogP contribution in [0.5, 0.6) is 5.75 Å². The summed E-state index contributed by atoms with van der Waals surface area (Å²) in [5, 5.41) is 9.35. The molecule has 0 aliphatic carbocycles. The van der Waals surface area contributed by atoms with Crippen LogP contribution in [0.4, 0.5) is 0 Å². The third-order valence-electron chi connectivity index (χ3n) is 3.71. The molecule has 3 nitrogen and oxygen atoms in total. The Balaban J connectivity index is 2.26. The van der Waals surface area contributed by atoms with Gasteiger partial charge in [-0.3, -0.25) is 4.79 Å². The van der Waals surface area contributed by atoms with E-state index in [1.807, 2.05) is 44.2 Å². The molecule has 0 fully saturated rings. The average Bonchev–Trinajstić information content (AvgIpc) is 2.48. The minimum Gasteiger partial charge on any atom is -0.508 e. The van der Waals surface area contributed by atoms with Crippen LogP contribution in [0.2, 0.25) is 0 Å². The molecule has 0 bridgehead atoms. The summed E-state index contributed by atoms with van der Waals surface area (Å²) in [5.74, 6) is 0.206. The predicted octanol–water partition coefficient (Wildman–Crippen LogP) is 4.30. The standard InChI is InChI=1S/C17H18BrNO2/c1-11-4-7-14(18)10-16(11)17(21)19(3)12(2)13-5-8-15(20)9-6-13/h4-10,12,20H,1-3H3. The van der Waals surface area contributed by atoms with Gasteiger partial charge in [0.25, 0.3) is 5.91 Å². The Kier molecular flexibility index (Phi) is 4.68. The van der Waals surface area contributed by atoms with E-state index in [1.165, 1.54) is 0 Å². The van der Waals surface area contributed by atoms with Crippen LogP contribution in [-0.4, -0.2) is 23.0 Å². The Morgan fingerprint density at radius 3 is 2.43 bits per heavy atom. The minimum absolute atomic E-state index is 0.0191. The highest BCUT2D eigenvalue weighted by Crippen LogP contribution is 2.24. The Hall–Kier alpha value is -1.81. The third kappa shape index (κ3) is 3.45. The number of aryl methyl sites for hydroxylation is 1. The predicted molar refractivity (Wildman–Crippen MR) is 87.5 cm³/mol. The first-order valence-corrected chi connectivity index (χ1v) is 7.51. The van der Waals surface area contributed by atoms with Crippen molar-refractivity contribution in [2.75, 3.05) is 7.05 Å². The van der Waals surface area contributed by atoms with Gasteiger partial charge in [0, 0.05) is 17.1 Å². The number of carbonyl (C=O) groups excluding carboxylic acids is 1. The molecular weight excluding hydrogens is 330 g/mol. The number of phenols is 1. The van der Waals surface area contributed by atoms with E-state index in [4.69, 9.17) is 0 Å². The number of phenolic OH excluding ortho intramolecular Hbond substituents is 1. The lowest BCUT2D eigenvalue weighted by atomic mass is 10.0. The summed E-state index contributed by atoms with van der Waals surface area (Å²) in [7, 11) is 1.79. The van der Waals surface area contributed by atoms with Crippen LogP contribution < -0.4 is 0 Å². The SMILES string of the molecule is Cc1ccc(Br)cc1C(=O)N(C)C(C)c1ccc(O)cc1. The normalized spacial score (nSPS) is 12.0. The Morgan fingerprint density at radius 2 is 1.81 bits per heavy atom. The van der Waals surface area contributed by atoms with Gasteiger partial charge in [-0.1, -0.05) is 34.1 Å². The summed E-state index contributed by atoms with van der Waals surface area (Å²) < 4.78 is 0.891. The number of hydrogen-bond acceptors (Lipinski definition) is 2. The number of carbonyl (C=O) groups is 1. The molecule has 21 heavy (non-hydrogen) atoms. The number of rotatable bonds is 3. The summed E-state index contributed by atoms with van der Waals surface area (Å²) in [5.41, 5.74) is 2.63. The molecule has 2 aromatic rings. The zero-order chi connectivity index (χ0) is 15.6. The number of benzene rings is 2. The Labute approximate surface area is 133 Å². The molecule has 4 heteroatoms. The van der Waals surface area contributed by atoms with Gasteiger partial charge in [-0.05, 0) is 49.2 Å². The molecule has 1 N–H and O–H groups in total. The fraction of sp³-hybridized carbons (Fsp3) is 0.235. The maximum Gasteiger partial charge on any atom is 0.254 e. The van der Waals surface area contributed by atoms with Crippen molar-refractivity contribution in [2.45, 2.75) is 19.9 Å². The monoisotopic (exact) mass is 347 g/mol. The second-order valence-corrected chi connectivity index (χ2v) is 6.06. The molecule has 0 aliphatic rings. The first-order valence-electron chi connectivity index (χ1n) is 6.72. The highest BCUT2D eigenvalue weighted by molar-refractivity contribution is 9.10. The molecule has 2 aromatic carbocycles. The van der Waals surface area contributed by atoms with Crippen LogP contribution >= 0.6 is 15.9 Å². The lowest BCUT2D eigenvalue weighted by Crippen LogP contribution is -2.30. The van der Waals surface area contributed by atoms with Gasteiger partial charge in [-0.25, -0.2) is 0 Å². The third-order valence-corrected chi connectivity index (χ3v) is 4.20. The second kappa shape index (κ2) is 6.31. The van der Waals surface area contributed by atoms with E-state index in [2.05, 4.69) is 15.9 Å². The first kappa shape index (κ1) is 15.6. The van der Waals surface area contributed by atoms with Gasteiger partial charge in [-0.15, -0.1) is 0 Å². The van der Waals surface area contributed by atoms with E-state index >= 15 is 0 Å². The van der Waals surface area contributed by atoms with Gasteiger partial charge in [-0.2, -0.15) is 0 Å². The zero-order valence-corrected chi connectivity index (χ0v) is 13.9. The van der Waals surface area contributed by atoms with Gasteiger partial charge < -0.3 is 10.0 Å². The minimum atomic E-state index is -0.0727. The lowest BCUT2D eigenvalue weighted by molar-refractivity contribution is 0.0742. The Morgan fingerprint density at radius 1 is 1.19 bits per heavy atom. The van der Waals surface area contributed by atoms with E-state index in [-0.39, 0.29) is 17.7 Å². The quantitative estimate of drug-likeness (QED) is 0.899. The molecule has 1 amide bonds. The highest BCUT2D eigenvalue weighted by atomic mass is 79.9. The van der Waals surface area contributed by atoms with Crippen LogP contribution in [0.3, 0.4) is 0 Å². The number of nitrogens with zero attached hydrogens (tertiary/aromatic N) is 1. The van der Waals surface area contributed by atoms with Crippen LogP contribution in [0.15, 0.2) is 46.9 Å². The number of halogens is 1. The molecule has 0 saturated carbocycles. The van der Waals surface area contributed by atoms with Gasteiger partial charge in [0.05, 0.1) is 6.04 Å². The fourth-order valence-electron chi connectivity index (χ4n) is 2.17. The summed E-state index contributed by atoms with van der Waals surface area (Å²) in [4.78, 5) is 14.4. The summed E-state index contributed by atoms with van der Waals surface area (Å²) in [6.45, 7) is 3.90. The van der Waals surface area contributed by atoms with Crippen molar-refractivity contribution in [3.8, 4) is 5.75 Å². The smallest absolute Gasteiger partial charge is 0.254 e. The fourth-order valence-corrected chi connectivity index (χ4v) is 2.53. The van der Waals surface area contributed by atoms with Crippen molar-refractivity contribution in [1.29, 1.82) is 0 Å². The molecule has 0 aromatic heterocycles. The molecular formula is C17H18BrNO2. The average molecular weight is 348 g/mol. The Bertz CT molecular complexity index is 652. The van der Waals surface area contributed by atoms with Crippen molar-refractivity contribution in [2.24, 2.45) is 0 Å². The summed E-state index contributed by atoms with van der Waals surface area (Å²) in [6, 6.07) is 12.6. The molecule has 2 rings (SSSR count). The largest absolute Gasteiger partial charge is 0.508 e. The molecule has 1 atom stereocenters. The topological polar surface area (TPSA) is 40.5 Å². The summed E-state index contributed by atoms with van der Waals surface area (Å²) in [6.07, 6.45) is 0. The molecule has 0 aliphatic heterocycles. The summed E-state index contributed by atoms with van der Waals surface area (Å²) >= 11 is 3.41. The molecule has 110 valence electrons. The lowest BCUT2D eigenvalue weighted by Gasteiger charge is -2.26. The van der Waals surface area contributed by atoms with Crippen LogP contribution in [0.1, 0.15) is 34.5 Å². The van der Waals surface area contributed by atoms with Crippen molar-refractivity contribution in [3.05, 3.63) is 63.6 Å². The van der Waals surface area contributed by atoms with Gasteiger partial charge in [0.2, 0.25) is 0 Å². The van der Waals surface area contributed by atoms with E-state index in [0.717, 1.165) is 15.6 Å². The number of amides is 1. The number of aromatic hydroxyl groups is 1. The van der Waals surface area contributed by atoms with Crippen molar-refractivity contribution < 1.29 is 9.90 Å². The van der Waals surface area contributed by atoms with E-state index in [0.29, 0.717) is 5.56 Å². The zero-order valence-electron chi connectivity index (χ0n) is 12.3. The number of hydrogen-bond donors (Lipinski definition) is 1. The molecule has 1 unspecified atom stereocenters. The highest BCUT2D eigenvalue weighted by Gasteiger charge is 2.20. The second-order valence-electron chi connectivity index (χ2n) is 5.14. The molecule has 0 heterocycles. The van der Waals surface area contributed by atoms with Crippen LogP contribution in [0, 0.1) is 6.92 Å². The van der Waals surface area contributed by atoms with Gasteiger partial charge in [0.1, 0.15) is 5.75 Å².